The molecule has 1 N–H and O–H groups in total. The van der Waals surface area contributed by atoms with Crippen molar-refractivity contribution in [3.8, 4) is 0 Å². The van der Waals surface area contributed by atoms with Crippen LogP contribution in [0.15, 0.2) is 24.3 Å². The third-order valence-electron chi connectivity index (χ3n) is 4.81. The number of piperazine rings is 1. The molecule has 0 radical (unpaired) electrons. The van der Waals surface area contributed by atoms with Gasteiger partial charge in [0.25, 0.3) is 0 Å². The number of benzene rings is 1. The van der Waals surface area contributed by atoms with Crippen molar-refractivity contribution in [1.82, 2.24) is 10.2 Å². The Morgan fingerprint density at radius 3 is 2.67 bits per heavy atom. The molecule has 3 rings (SSSR count). The SMILES string of the molecule is Fc1ccccc1N1CCN(CCCC2CCNC2)CC1. The number of hydrogen-bond acceptors (Lipinski definition) is 3. The van der Waals surface area contributed by atoms with Crippen molar-refractivity contribution in [2.24, 2.45) is 5.92 Å². The molecule has 2 aliphatic rings. The molecule has 0 bridgehead atoms. The molecular weight excluding hydrogens is 265 g/mol. The molecule has 1 aromatic carbocycles. The monoisotopic (exact) mass is 291 g/mol. The second kappa shape index (κ2) is 7.23. The summed E-state index contributed by atoms with van der Waals surface area (Å²) in [5.41, 5.74) is 0.759. The van der Waals surface area contributed by atoms with Crippen LogP contribution in [0.25, 0.3) is 0 Å². The lowest BCUT2D eigenvalue weighted by Crippen LogP contribution is -2.47. The lowest BCUT2D eigenvalue weighted by molar-refractivity contribution is 0.247. The summed E-state index contributed by atoms with van der Waals surface area (Å²) in [4.78, 5) is 4.70. The van der Waals surface area contributed by atoms with E-state index in [1.165, 1.54) is 38.9 Å². The van der Waals surface area contributed by atoms with Gasteiger partial charge in [-0.1, -0.05) is 12.1 Å². The van der Waals surface area contributed by atoms with E-state index in [1.807, 2.05) is 12.1 Å². The molecule has 1 atom stereocenters. The van der Waals surface area contributed by atoms with Crippen molar-refractivity contribution in [2.75, 3.05) is 50.7 Å². The molecule has 0 aromatic heterocycles. The summed E-state index contributed by atoms with van der Waals surface area (Å²) >= 11 is 0. The van der Waals surface area contributed by atoms with E-state index in [2.05, 4.69) is 15.1 Å². The van der Waals surface area contributed by atoms with Gasteiger partial charge in [0.2, 0.25) is 0 Å². The van der Waals surface area contributed by atoms with Crippen LogP contribution in [-0.2, 0) is 0 Å². The van der Waals surface area contributed by atoms with E-state index in [4.69, 9.17) is 0 Å². The highest BCUT2D eigenvalue weighted by Gasteiger charge is 2.19. The topological polar surface area (TPSA) is 18.5 Å². The largest absolute Gasteiger partial charge is 0.367 e. The summed E-state index contributed by atoms with van der Waals surface area (Å²) in [6, 6.07) is 7.11. The van der Waals surface area contributed by atoms with Crippen LogP contribution in [0.3, 0.4) is 0 Å². The van der Waals surface area contributed by atoms with Crippen molar-refractivity contribution in [3.63, 3.8) is 0 Å². The summed E-state index contributed by atoms with van der Waals surface area (Å²) in [7, 11) is 0. The maximum absolute atomic E-state index is 13.8. The van der Waals surface area contributed by atoms with E-state index in [9.17, 15) is 4.39 Å². The second-order valence-corrected chi connectivity index (χ2v) is 6.28. The molecule has 2 fully saturated rings. The van der Waals surface area contributed by atoms with Gasteiger partial charge in [-0.15, -0.1) is 0 Å². The minimum atomic E-state index is -0.0975. The molecule has 0 aliphatic carbocycles. The average Bonchev–Trinajstić information content (AvgIpc) is 3.02. The van der Waals surface area contributed by atoms with Crippen LogP contribution in [0.1, 0.15) is 19.3 Å². The van der Waals surface area contributed by atoms with E-state index < -0.39 is 0 Å². The number of nitrogens with zero attached hydrogens (tertiary/aromatic N) is 2. The fraction of sp³-hybridized carbons (Fsp3) is 0.647. The Hall–Kier alpha value is -1.13. The Bertz CT molecular complexity index is 437. The number of nitrogens with one attached hydrogen (secondary N) is 1. The molecule has 3 nitrogen and oxygen atoms in total. The summed E-state index contributed by atoms with van der Waals surface area (Å²) in [5.74, 6) is 0.796. The summed E-state index contributed by atoms with van der Waals surface area (Å²) < 4.78 is 13.8. The normalized spacial score (nSPS) is 23.7. The van der Waals surface area contributed by atoms with Crippen molar-refractivity contribution in [1.29, 1.82) is 0 Å². The Kier molecular flexibility index (Phi) is 5.09. The van der Waals surface area contributed by atoms with Gasteiger partial charge in [-0.25, -0.2) is 4.39 Å². The number of anilines is 1. The van der Waals surface area contributed by atoms with Crippen LogP contribution < -0.4 is 10.2 Å². The fourth-order valence-electron chi connectivity index (χ4n) is 3.48. The maximum Gasteiger partial charge on any atom is 0.146 e. The van der Waals surface area contributed by atoms with Crippen LogP contribution in [0.4, 0.5) is 10.1 Å². The fourth-order valence-corrected chi connectivity index (χ4v) is 3.48. The van der Waals surface area contributed by atoms with Crippen LogP contribution in [0.5, 0.6) is 0 Å². The van der Waals surface area contributed by atoms with Crippen molar-refractivity contribution < 1.29 is 4.39 Å². The van der Waals surface area contributed by atoms with Crippen molar-refractivity contribution in [3.05, 3.63) is 30.1 Å². The Labute approximate surface area is 127 Å². The molecule has 2 saturated heterocycles. The Morgan fingerprint density at radius 1 is 1.14 bits per heavy atom. The van der Waals surface area contributed by atoms with Crippen molar-refractivity contribution in [2.45, 2.75) is 19.3 Å². The minimum absolute atomic E-state index is 0.0975. The third-order valence-corrected chi connectivity index (χ3v) is 4.81. The van der Waals surface area contributed by atoms with Crippen LogP contribution in [-0.4, -0.2) is 50.7 Å². The number of halogens is 1. The number of rotatable bonds is 5. The highest BCUT2D eigenvalue weighted by Crippen LogP contribution is 2.20. The second-order valence-electron chi connectivity index (χ2n) is 6.28. The first-order valence-electron chi connectivity index (χ1n) is 8.25. The van der Waals surface area contributed by atoms with E-state index >= 15 is 0 Å². The maximum atomic E-state index is 13.8. The molecular formula is C17H26FN3. The van der Waals surface area contributed by atoms with Gasteiger partial charge in [-0.2, -0.15) is 0 Å². The summed E-state index contributed by atoms with van der Waals surface area (Å²) in [6.07, 6.45) is 3.99. The van der Waals surface area contributed by atoms with Gasteiger partial charge in [0.1, 0.15) is 5.82 Å². The molecule has 2 aliphatic heterocycles. The first kappa shape index (κ1) is 14.8. The lowest BCUT2D eigenvalue weighted by Gasteiger charge is -2.36. The van der Waals surface area contributed by atoms with Crippen LogP contribution in [0, 0.1) is 11.7 Å². The van der Waals surface area contributed by atoms with Gasteiger partial charge in [0.15, 0.2) is 0 Å². The first-order valence-corrected chi connectivity index (χ1v) is 8.25. The van der Waals surface area contributed by atoms with Gasteiger partial charge >= 0.3 is 0 Å². The summed E-state index contributed by atoms with van der Waals surface area (Å²) in [6.45, 7) is 7.58. The number of para-hydroxylation sites is 1. The van der Waals surface area contributed by atoms with Gasteiger partial charge < -0.3 is 10.2 Å². The molecule has 1 aromatic rings. The first-order chi connectivity index (χ1) is 10.3. The smallest absolute Gasteiger partial charge is 0.146 e. The minimum Gasteiger partial charge on any atom is -0.367 e. The number of hydrogen-bond donors (Lipinski definition) is 1. The Morgan fingerprint density at radius 2 is 1.95 bits per heavy atom. The average molecular weight is 291 g/mol. The van der Waals surface area contributed by atoms with E-state index in [-0.39, 0.29) is 5.82 Å². The van der Waals surface area contributed by atoms with Crippen molar-refractivity contribution >= 4 is 5.69 Å². The van der Waals surface area contributed by atoms with Crippen LogP contribution in [0.2, 0.25) is 0 Å². The molecule has 116 valence electrons. The zero-order chi connectivity index (χ0) is 14.5. The van der Waals surface area contributed by atoms with E-state index in [0.717, 1.165) is 37.8 Å². The summed E-state index contributed by atoms with van der Waals surface area (Å²) in [5, 5.41) is 3.43. The molecule has 0 saturated carbocycles. The quantitative estimate of drug-likeness (QED) is 0.898. The molecule has 1 unspecified atom stereocenters. The van der Waals surface area contributed by atoms with Crippen LogP contribution >= 0.6 is 0 Å². The zero-order valence-electron chi connectivity index (χ0n) is 12.7. The van der Waals surface area contributed by atoms with E-state index in [1.54, 1.807) is 12.1 Å². The van der Waals surface area contributed by atoms with Gasteiger partial charge in [-0.3, -0.25) is 4.90 Å². The third kappa shape index (κ3) is 3.95. The molecule has 4 heteroatoms. The van der Waals surface area contributed by atoms with Gasteiger partial charge in [-0.05, 0) is 56.9 Å². The Balaban J connectivity index is 1.39. The molecule has 0 amide bonds. The zero-order valence-corrected chi connectivity index (χ0v) is 12.7. The highest BCUT2D eigenvalue weighted by atomic mass is 19.1. The van der Waals surface area contributed by atoms with E-state index in [0.29, 0.717) is 0 Å². The van der Waals surface area contributed by atoms with Gasteiger partial charge in [0, 0.05) is 26.2 Å². The highest BCUT2D eigenvalue weighted by molar-refractivity contribution is 5.47. The molecule has 2 heterocycles. The predicted molar refractivity (Wildman–Crippen MR) is 85.3 cm³/mol. The van der Waals surface area contributed by atoms with Gasteiger partial charge in [0.05, 0.1) is 5.69 Å². The molecule has 21 heavy (non-hydrogen) atoms. The molecule has 0 spiro atoms. The lowest BCUT2D eigenvalue weighted by atomic mass is 10.0. The standard InChI is InChI=1S/C17H26FN3/c18-16-5-1-2-6-17(16)21-12-10-20(11-13-21)9-3-4-15-7-8-19-14-15/h1-2,5-6,15,19H,3-4,7-14H2. The predicted octanol–water partition coefficient (Wildman–Crippen LogP) is 2.34.